The molecule has 0 aliphatic carbocycles. The van der Waals surface area contributed by atoms with E-state index in [2.05, 4.69) is 12.2 Å². The van der Waals surface area contributed by atoms with Gasteiger partial charge in [-0.15, -0.1) is 0 Å². The molecule has 1 unspecified atom stereocenters. The molecule has 1 N–H and O–H groups in total. The van der Waals surface area contributed by atoms with Gasteiger partial charge in [0, 0.05) is 25.2 Å². The Hall–Kier alpha value is -3.02. The van der Waals surface area contributed by atoms with Crippen LogP contribution in [0.15, 0.2) is 36.4 Å². The average molecular weight is 396 g/mol. The van der Waals surface area contributed by atoms with Gasteiger partial charge in [-0.2, -0.15) is 0 Å². The molecule has 2 amide bonds. The zero-order valence-electron chi connectivity index (χ0n) is 17.5. The van der Waals surface area contributed by atoms with E-state index in [9.17, 15) is 9.59 Å². The fraction of sp³-hybridized carbons (Fsp3) is 0.391. The Balaban J connectivity index is 1.67. The minimum Gasteiger partial charge on any atom is -0.493 e. The van der Waals surface area contributed by atoms with Crippen molar-refractivity contribution in [3.8, 4) is 11.5 Å². The van der Waals surface area contributed by atoms with Gasteiger partial charge >= 0.3 is 0 Å². The molecule has 3 rings (SSSR count). The maximum atomic E-state index is 12.7. The summed E-state index contributed by atoms with van der Waals surface area (Å²) in [5.74, 6) is 0.798. The van der Waals surface area contributed by atoms with Gasteiger partial charge in [-0.1, -0.05) is 31.2 Å². The first kappa shape index (κ1) is 20.7. The Bertz CT molecular complexity index is 910. The number of aryl methyl sites for hydroxylation is 2. The molecule has 6 heteroatoms. The molecular formula is C23H28N2O4. The molecule has 1 saturated heterocycles. The number of benzene rings is 2. The molecule has 1 fully saturated rings. The van der Waals surface area contributed by atoms with Crippen molar-refractivity contribution in [1.29, 1.82) is 0 Å². The van der Waals surface area contributed by atoms with Crippen molar-refractivity contribution in [3.05, 3.63) is 53.1 Å². The smallest absolute Gasteiger partial charge is 0.227 e. The Morgan fingerprint density at radius 3 is 2.62 bits per heavy atom. The summed E-state index contributed by atoms with van der Waals surface area (Å²) in [6, 6.07) is 11.6. The van der Waals surface area contributed by atoms with Crippen molar-refractivity contribution < 1.29 is 19.1 Å². The standard InChI is InChI=1S/C23H28N2O4/c1-5-17-8-6-7-15(2)22(17)25-14-18(12-21(25)26)23(27)24-13-16-9-10-19(28-3)20(11-16)29-4/h6-11,18H,5,12-14H2,1-4H3,(H,24,27). The van der Waals surface area contributed by atoms with Crippen molar-refractivity contribution in [2.24, 2.45) is 5.92 Å². The zero-order chi connectivity index (χ0) is 21.0. The third-order valence-corrected chi connectivity index (χ3v) is 5.38. The van der Waals surface area contributed by atoms with E-state index in [4.69, 9.17) is 9.47 Å². The summed E-state index contributed by atoms with van der Waals surface area (Å²) in [5.41, 5.74) is 4.05. The molecule has 1 atom stereocenters. The van der Waals surface area contributed by atoms with Gasteiger partial charge in [-0.05, 0) is 42.2 Å². The summed E-state index contributed by atoms with van der Waals surface area (Å²) in [5, 5.41) is 2.95. The number of hydrogen-bond acceptors (Lipinski definition) is 4. The van der Waals surface area contributed by atoms with Crippen molar-refractivity contribution in [3.63, 3.8) is 0 Å². The van der Waals surface area contributed by atoms with Crippen LogP contribution in [-0.2, 0) is 22.6 Å². The van der Waals surface area contributed by atoms with Gasteiger partial charge in [0.25, 0.3) is 0 Å². The number of carbonyl (C=O) groups is 2. The SMILES string of the molecule is CCc1cccc(C)c1N1CC(C(=O)NCc2ccc(OC)c(OC)c2)CC1=O. The molecule has 0 aromatic heterocycles. The molecule has 2 aromatic rings. The molecule has 29 heavy (non-hydrogen) atoms. The van der Waals surface area contributed by atoms with Crippen LogP contribution in [0, 0.1) is 12.8 Å². The number of methoxy groups -OCH3 is 2. The quantitative estimate of drug-likeness (QED) is 0.780. The van der Waals surface area contributed by atoms with Crippen LogP contribution in [-0.4, -0.2) is 32.6 Å². The highest BCUT2D eigenvalue weighted by Crippen LogP contribution is 2.32. The predicted octanol–water partition coefficient (Wildman–Crippen LogP) is 3.24. The second kappa shape index (κ2) is 8.99. The van der Waals surface area contributed by atoms with Crippen LogP contribution in [0.4, 0.5) is 5.69 Å². The maximum absolute atomic E-state index is 12.7. The molecule has 1 aliphatic heterocycles. The van der Waals surface area contributed by atoms with E-state index in [0.717, 1.165) is 28.8 Å². The molecule has 6 nitrogen and oxygen atoms in total. The summed E-state index contributed by atoms with van der Waals surface area (Å²) in [4.78, 5) is 27.1. The minimum atomic E-state index is -0.355. The number of rotatable bonds is 7. The molecule has 0 radical (unpaired) electrons. The highest BCUT2D eigenvalue weighted by molar-refractivity contribution is 6.01. The van der Waals surface area contributed by atoms with E-state index in [-0.39, 0.29) is 24.2 Å². The Morgan fingerprint density at radius 2 is 1.93 bits per heavy atom. The van der Waals surface area contributed by atoms with E-state index in [1.165, 1.54) is 0 Å². The van der Waals surface area contributed by atoms with Gasteiger partial charge in [0.05, 0.1) is 20.1 Å². The van der Waals surface area contributed by atoms with Crippen molar-refractivity contribution in [1.82, 2.24) is 5.32 Å². The van der Waals surface area contributed by atoms with Crippen molar-refractivity contribution >= 4 is 17.5 Å². The third-order valence-electron chi connectivity index (χ3n) is 5.38. The van der Waals surface area contributed by atoms with Gasteiger partial charge in [0.15, 0.2) is 11.5 Å². The molecule has 0 saturated carbocycles. The summed E-state index contributed by atoms with van der Waals surface area (Å²) in [6.07, 6.45) is 1.08. The van der Waals surface area contributed by atoms with Crippen LogP contribution in [0.1, 0.15) is 30.0 Å². The summed E-state index contributed by atoms with van der Waals surface area (Å²) in [6.45, 7) is 4.86. The predicted molar refractivity (Wildman–Crippen MR) is 112 cm³/mol. The van der Waals surface area contributed by atoms with Crippen molar-refractivity contribution in [2.45, 2.75) is 33.2 Å². The largest absolute Gasteiger partial charge is 0.493 e. The first-order chi connectivity index (χ1) is 14.0. The molecule has 2 aromatic carbocycles. The van der Waals surface area contributed by atoms with E-state index in [0.29, 0.717) is 24.6 Å². The minimum absolute atomic E-state index is 0.000247. The van der Waals surface area contributed by atoms with Gasteiger partial charge in [-0.25, -0.2) is 0 Å². The number of amides is 2. The number of para-hydroxylation sites is 1. The average Bonchev–Trinajstić information content (AvgIpc) is 3.12. The van der Waals surface area contributed by atoms with Gasteiger partial charge in [0.2, 0.25) is 11.8 Å². The first-order valence-corrected chi connectivity index (χ1v) is 9.85. The molecule has 0 bridgehead atoms. The van der Waals surface area contributed by atoms with Crippen molar-refractivity contribution in [2.75, 3.05) is 25.7 Å². The summed E-state index contributed by atoms with van der Waals surface area (Å²) in [7, 11) is 3.16. The van der Waals surface area contributed by atoms with Crippen LogP contribution < -0.4 is 19.7 Å². The first-order valence-electron chi connectivity index (χ1n) is 9.85. The van der Waals surface area contributed by atoms with Crippen LogP contribution in [0.3, 0.4) is 0 Å². The summed E-state index contributed by atoms with van der Waals surface area (Å²) < 4.78 is 10.5. The lowest BCUT2D eigenvalue weighted by molar-refractivity contribution is -0.126. The number of nitrogens with zero attached hydrogens (tertiary/aromatic N) is 1. The second-order valence-corrected chi connectivity index (χ2v) is 7.25. The monoisotopic (exact) mass is 396 g/mol. The van der Waals surface area contributed by atoms with Crippen LogP contribution in [0.25, 0.3) is 0 Å². The number of carbonyl (C=O) groups excluding carboxylic acids is 2. The summed E-state index contributed by atoms with van der Waals surface area (Å²) >= 11 is 0. The molecule has 154 valence electrons. The number of nitrogens with one attached hydrogen (secondary N) is 1. The lowest BCUT2D eigenvalue weighted by Crippen LogP contribution is -2.33. The van der Waals surface area contributed by atoms with Gasteiger partial charge in [-0.3, -0.25) is 9.59 Å². The third kappa shape index (κ3) is 4.36. The van der Waals surface area contributed by atoms with E-state index < -0.39 is 0 Å². The fourth-order valence-corrected chi connectivity index (χ4v) is 3.81. The normalized spacial score (nSPS) is 16.1. The highest BCUT2D eigenvalue weighted by Gasteiger charge is 2.36. The number of hydrogen-bond donors (Lipinski definition) is 1. The van der Waals surface area contributed by atoms with E-state index in [1.807, 2.05) is 43.3 Å². The van der Waals surface area contributed by atoms with Crippen LogP contribution in [0.5, 0.6) is 11.5 Å². The number of anilines is 1. The topological polar surface area (TPSA) is 67.9 Å². The lowest BCUT2D eigenvalue weighted by atomic mass is 10.0. The van der Waals surface area contributed by atoms with E-state index in [1.54, 1.807) is 19.1 Å². The second-order valence-electron chi connectivity index (χ2n) is 7.25. The van der Waals surface area contributed by atoms with E-state index >= 15 is 0 Å². The Morgan fingerprint density at radius 1 is 1.17 bits per heavy atom. The Labute approximate surface area is 171 Å². The van der Waals surface area contributed by atoms with Gasteiger partial charge < -0.3 is 19.7 Å². The Kier molecular flexibility index (Phi) is 6.42. The number of ether oxygens (including phenoxy) is 2. The molecule has 1 aliphatic rings. The molecule has 0 spiro atoms. The zero-order valence-corrected chi connectivity index (χ0v) is 17.5. The fourth-order valence-electron chi connectivity index (χ4n) is 3.81. The molecule has 1 heterocycles. The van der Waals surface area contributed by atoms with Crippen LogP contribution >= 0.6 is 0 Å². The highest BCUT2D eigenvalue weighted by atomic mass is 16.5. The maximum Gasteiger partial charge on any atom is 0.227 e. The lowest BCUT2D eigenvalue weighted by Gasteiger charge is -2.22. The molecular weight excluding hydrogens is 368 g/mol. The van der Waals surface area contributed by atoms with Gasteiger partial charge in [0.1, 0.15) is 0 Å². The van der Waals surface area contributed by atoms with Crippen LogP contribution in [0.2, 0.25) is 0 Å².